The number of piperidine rings is 1. The largest absolute Gasteiger partial charge is 0.469 e. The normalized spacial score (nSPS) is 20.4. The molecule has 2 aromatic rings. The smallest absolute Gasteiger partial charge is 0.416 e. The van der Waals surface area contributed by atoms with Gasteiger partial charge in [0.15, 0.2) is 12.0 Å². The SMILES string of the molecule is CCCC1CCN(C2CCCC(C(F)(F)F)=C(C(=O)Nc3ccc(N4CCN(C(=O)Nc5ccccc5F)CC4)nc3)O2)CC1. The number of nitrogens with zero attached hydrogens (tertiary/aromatic N) is 4. The van der Waals surface area contributed by atoms with Crippen LogP contribution < -0.4 is 15.5 Å². The number of pyridine rings is 1. The van der Waals surface area contributed by atoms with E-state index in [2.05, 4.69) is 27.4 Å². The lowest BCUT2D eigenvalue weighted by Crippen LogP contribution is -2.50. The molecule has 3 amide bonds. The molecule has 2 saturated heterocycles. The summed E-state index contributed by atoms with van der Waals surface area (Å²) in [6, 6.07) is 8.80. The molecule has 5 rings (SSSR count). The summed E-state index contributed by atoms with van der Waals surface area (Å²) in [7, 11) is 0. The molecule has 2 N–H and O–H groups in total. The molecular weight excluding hydrogens is 592 g/mol. The van der Waals surface area contributed by atoms with Gasteiger partial charge >= 0.3 is 12.2 Å². The van der Waals surface area contributed by atoms with Crippen LogP contribution in [0.4, 0.5) is 39.5 Å². The van der Waals surface area contributed by atoms with Crippen molar-refractivity contribution in [3.05, 3.63) is 59.7 Å². The summed E-state index contributed by atoms with van der Waals surface area (Å²) in [6.45, 7) is 5.32. The predicted octanol–water partition coefficient (Wildman–Crippen LogP) is 6.37. The fourth-order valence-electron chi connectivity index (χ4n) is 6.22. The van der Waals surface area contributed by atoms with Crippen molar-refractivity contribution in [2.75, 3.05) is 54.8 Å². The zero-order valence-electron chi connectivity index (χ0n) is 25.4. The van der Waals surface area contributed by atoms with Crippen LogP contribution >= 0.6 is 0 Å². The third kappa shape index (κ3) is 8.24. The number of piperazine rings is 1. The van der Waals surface area contributed by atoms with E-state index >= 15 is 0 Å². The number of rotatable bonds is 7. The number of amides is 3. The molecule has 0 bridgehead atoms. The molecule has 0 radical (unpaired) electrons. The van der Waals surface area contributed by atoms with Crippen LogP contribution in [-0.2, 0) is 9.53 Å². The molecule has 45 heavy (non-hydrogen) atoms. The first-order valence-corrected chi connectivity index (χ1v) is 15.7. The van der Waals surface area contributed by atoms with Crippen molar-refractivity contribution < 1.29 is 31.9 Å². The highest BCUT2D eigenvalue weighted by molar-refractivity contribution is 6.03. The standard InChI is InChI=1S/C32H40F4N6O3/c1-2-6-22-13-15-41(16-14-22)28-10-5-7-24(32(34,35)36)29(45-28)30(43)38-23-11-12-27(37-21-23)40-17-19-42(20-18-40)31(44)39-26-9-4-3-8-25(26)33/h3-4,8-9,11-12,21-22,28H,2,5-7,10,13-20H2,1H3,(H,38,43)(H,39,44). The third-order valence-corrected chi connectivity index (χ3v) is 8.72. The van der Waals surface area contributed by atoms with E-state index in [0.29, 0.717) is 44.3 Å². The summed E-state index contributed by atoms with van der Waals surface area (Å²) in [5, 5.41) is 5.14. The molecule has 1 atom stereocenters. The highest BCUT2D eigenvalue weighted by Gasteiger charge is 2.42. The van der Waals surface area contributed by atoms with Gasteiger partial charge in [-0.05, 0) is 62.3 Å². The van der Waals surface area contributed by atoms with E-state index in [-0.39, 0.29) is 24.2 Å². The van der Waals surface area contributed by atoms with Gasteiger partial charge in [-0.2, -0.15) is 13.2 Å². The number of hydrogen-bond donors (Lipinski definition) is 2. The van der Waals surface area contributed by atoms with Gasteiger partial charge in [0.05, 0.1) is 23.1 Å². The number of alkyl halides is 3. The van der Waals surface area contributed by atoms with Crippen LogP contribution in [0.1, 0.15) is 51.9 Å². The second-order valence-corrected chi connectivity index (χ2v) is 11.8. The van der Waals surface area contributed by atoms with E-state index in [0.717, 1.165) is 38.8 Å². The fraction of sp³-hybridized carbons (Fsp3) is 0.531. The van der Waals surface area contributed by atoms with E-state index in [1.54, 1.807) is 29.2 Å². The Labute approximate surface area is 260 Å². The first-order valence-electron chi connectivity index (χ1n) is 15.7. The Balaban J connectivity index is 1.19. The number of allylic oxidation sites excluding steroid dienone is 1. The number of nitrogens with one attached hydrogen (secondary N) is 2. The maximum absolute atomic E-state index is 14.0. The molecule has 0 aliphatic carbocycles. The molecule has 3 aliphatic heterocycles. The first kappa shape index (κ1) is 32.5. The van der Waals surface area contributed by atoms with Gasteiger partial charge in [0.1, 0.15) is 11.6 Å². The minimum Gasteiger partial charge on any atom is -0.469 e. The topological polar surface area (TPSA) is 90.0 Å². The summed E-state index contributed by atoms with van der Waals surface area (Å²) in [4.78, 5) is 35.8. The van der Waals surface area contributed by atoms with Gasteiger partial charge in [-0.15, -0.1) is 0 Å². The number of para-hydroxylation sites is 1. The predicted molar refractivity (Wildman–Crippen MR) is 163 cm³/mol. The number of carbonyl (C=O) groups excluding carboxylic acids is 2. The van der Waals surface area contributed by atoms with E-state index in [1.807, 2.05) is 4.90 Å². The summed E-state index contributed by atoms with van der Waals surface area (Å²) in [6.07, 6.45) is 0.730. The number of benzene rings is 1. The second kappa shape index (κ2) is 14.5. The third-order valence-electron chi connectivity index (χ3n) is 8.72. The zero-order chi connectivity index (χ0) is 32.0. The number of ether oxygens (including phenoxy) is 1. The molecule has 1 aromatic heterocycles. The number of halogens is 4. The van der Waals surface area contributed by atoms with Crippen LogP contribution in [0.3, 0.4) is 0 Å². The Kier molecular flexibility index (Phi) is 10.5. The van der Waals surface area contributed by atoms with E-state index < -0.39 is 41.5 Å². The molecule has 9 nitrogen and oxygen atoms in total. The molecule has 0 spiro atoms. The Morgan fingerprint density at radius 3 is 2.36 bits per heavy atom. The molecule has 3 aliphatic rings. The van der Waals surface area contributed by atoms with Gasteiger partial charge in [0, 0.05) is 39.3 Å². The van der Waals surface area contributed by atoms with E-state index in [1.165, 1.54) is 18.3 Å². The zero-order valence-corrected chi connectivity index (χ0v) is 25.4. The van der Waals surface area contributed by atoms with Gasteiger partial charge in [0.2, 0.25) is 0 Å². The van der Waals surface area contributed by atoms with Gasteiger partial charge in [-0.25, -0.2) is 14.2 Å². The Hall–Kier alpha value is -3.87. The van der Waals surface area contributed by atoms with Crippen LogP contribution in [0.5, 0.6) is 0 Å². The molecule has 0 saturated carbocycles. The quantitative estimate of drug-likeness (QED) is 0.345. The minimum absolute atomic E-state index is 0.110. The van der Waals surface area contributed by atoms with Crippen LogP contribution in [0, 0.1) is 11.7 Å². The van der Waals surface area contributed by atoms with Crippen molar-refractivity contribution in [2.45, 2.75) is 64.3 Å². The second-order valence-electron chi connectivity index (χ2n) is 11.8. The number of hydrogen-bond acceptors (Lipinski definition) is 6. The Morgan fingerprint density at radius 2 is 1.71 bits per heavy atom. The molecular formula is C32H40F4N6O3. The Morgan fingerprint density at radius 1 is 0.978 bits per heavy atom. The van der Waals surface area contributed by atoms with Crippen LogP contribution in [0.15, 0.2) is 53.9 Å². The first-order chi connectivity index (χ1) is 21.6. The number of likely N-dealkylation sites (tertiary alicyclic amines) is 1. The molecule has 13 heteroatoms. The van der Waals surface area contributed by atoms with Crippen molar-refractivity contribution in [2.24, 2.45) is 5.92 Å². The van der Waals surface area contributed by atoms with Crippen molar-refractivity contribution in [1.29, 1.82) is 0 Å². The van der Waals surface area contributed by atoms with Crippen molar-refractivity contribution in [3.63, 3.8) is 0 Å². The van der Waals surface area contributed by atoms with Crippen molar-refractivity contribution in [3.8, 4) is 0 Å². The average molecular weight is 633 g/mol. The number of urea groups is 1. The van der Waals surface area contributed by atoms with Gasteiger partial charge in [-0.3, -0.25) is 9.69 Å². The lowest BCUT2D eigenvalue weighted by Gasteiger charge is -2.37. The molecule has 2 fully saturated rings. The molecule has 4 heterocycles. The summed E-state index contributed by atoms with van der Waals surface area (Å²) < 4.78 is 61.9. The monoisotopic (exact) mass is 632 g/mol. The lowest BCUT2D eigenvalue weighted by molar-refractivity contribution is -0.125. The van der Waals surface area contributed by atoms with Gasteiger partial charge < -0.3 is 25.2 Å². The van der Waals surface area contributed by atoms with Crippen LogP contribution in [0.2, 0.25) is 0 Å². The average Bonchev–Trinajstić information content (AvgIpc) is 3.27. The van der Waals surface area contributed by atoms with E-state index in [9.17, 15) is 27.2 Å². The van der Waals surface area contributed by atoms with Crippen molar-refractivity contribution in [1.82, 2.24) is 14.8 Å². The van der Waals surface area contributed by atoms with E-state index in [4.69, 9.17) is 4.74 Å². The van der Waals surface area contributed by atoms with Crippen LogP contribution in [-0.4, -0.2) is 78.4 Å². The number of anilines is 3. The van der Waals surface area contributed by atoms with Crippen molar-refractivity contribution >= 4 is 29.1 Å². The number of carbonyl (C=O) groups is 2. The number of aromatic nitrogens is 1. The van der Waals surface area contributed by atoms with Crippen LogP contribution in [0.25, 0.3) is 0 Å². The highest BCUT2D eigenvalue weighted by Crippen LogP contribution is 2.37. The highest BCUT2D eigenvalue weighted by atomic mass is 19.4. The lowest BCUT2D eigenvalue weighted by atomic mass is 9.92. The fourth-order valence-corrected chi connectivity index (χ4v) is 6.22. The maximum atomic E-state index is 14.0. The summed E-state index contributed by atoms with van der Waals surface area (Å²) in [5.41, 5.74) is -0.588. The van der Waals surface area contributed by atoms with Gasteiger partial charge in [-0.1, -0.05) is 31.9 Å². The minimum atomic E-state index is -4.69. The molecule has 244 valence electrons. The summed E-state index contributed by atoms with van der Waals surface area (Å²) >= 11 is 0. The molecule has 1 aromatic carbocycles. The molecule has 1 unspecified atom stereocenters. The Bertz CT molecular complexity index is 1350. The van der Waals surface area contributed by atoms with Gasteiger partial charge in [0.25, 0.3) is 5.91 Å². The summed E-state index contributed by atoms with van der Waals surface area (Å²) in [5.74, 6) is -0.923. The maximum Gasteiger partial charge on any atom is 0.416 e.